The average molecular weight is 552 g/mol. The van der Waals surface area contributed by atoms with Gasteiger partial charge in [-0.15, -0.1) is 0 Å². The molecule has 1 fully saturated rings. The molecule has 2 aromatic carbocycles. The van der Waals surface area contributed by atoms with E-state index in [0.29, 0.717) is 58.1 Å². The Morgan fingerprint density at radius 2 is 2.18 bits per heavy atom. The van der Waals surface area contributed by atoms with Crippen LogP contribution in [0.3, 0.4) is 0 Å². The number of amides is 2. The van der Waals surface area contributed by atoms with Crippen molar-refractivity contribution in [2.75, 3.05) is 45.3 Å². The van der Waals surface area contributed by atoms with Crippen LogP contribution in [0.1, 0.15) is 33.9 Å². The number of carbonyl (C=O) groups excluding carboxylic acids is 2. The van der Waals surface area contributed by atoms with E-state index in [-0.39, 0.29) is 25.0 Å². The van der Waals surface area contributed by atoms with Gasteiger partial charge in [0.1, 0.15) is 12.3 Å². The Kier molecular flexibility index (Phi) is 8.25. The smallest absolute Gasteiger partial charge is 0.254 e. The Balaban J connectivity index is 1.25. The maximum Gasteiger partial charge on any atom is 0.254 e. The molecule has 3 N–H and O–H groups in total. The summed E-state index contributed by atoms with van der Waals surface area (Å²) < 4.78 is 10.6. The van der Waals surface area contributed by atoms with Gasteiger partial charge in [-0.1, -0.05) is 35.9 Å². The number of fused-ring (bicyclic) bond motifs is 1. The molecular weight excluding hydrogens is 522 g/mol. The number of nitrogens with one attached hydrogen (secondary N) is 2. The number of hydrogen-bond donors (Lipinski definition) is 3. The fourth-order valence-corrected chi connectivity index (χ4v) is 4.98. The first kappa shape index (κ1) is 26.9. The van der Waals surface area contributed by atoms with E-state index in [1.807, 2.05) is 12.1 Å². The summed E-state index contributed by atoms with van der Waals surface area (Å²) in [7, 11) is 1.55. The number of benzene rings is 2. The molecule has 0 bridgehead atoms. The van der Waals surface area contributed by atoms with Crippen molar-refractivity contribution in [1.29, 1.82) is 0 Å². The van der Waals surface area contributed by atoms with Crippen LogP contribution in [0.5, 0.6) is 5.75 Å². The van der Waals surface area contributed by atoms with Crippen LogP contribution in [0.15, 0.2) is 48.7 Å². The van der Waals surface area contributed by atoms with E-state index < -0.39 is 6.04 Å². The Labute approximate surface area is 231 Å². The monoisotopic (exact) mass is 551 g/mol. The number of methoxy groups -OCH3 is 1. The highest BCUT2D eigenvalue weighted by Crippen LogP contribution is 2.31. The van der Waals surface area contributed by atoms with Crippen LogP contribution in [-0.4, -0.2) is 71.8 Å². The zero-order chi connectivity index (χ0) is 27.4. The molecule has 3 aromatic rings. The molecule has 0 saturated carbocycles. The molecular formula is C28H30ClN5O5. The minimum absolute atomic E-state index is 0.142. The Morgan fingerprint density at radius 1 is 1.31 bits per heavy atom. The summed E-state index contributed by atoms with van der Waals surface area (Å²) in [6.45, 7) is 2.06. The second-order valence-corrected chi connectivity index (χ2v) is 10.0. The van der Waals surface area contributed by atoms with Gasteiger partial charge in [0, 0.05) is 36.7 Å². The predicted octanol–water partition coefficient (Wildman–Crippen LogP) is 3.06. The molecule has 11 heteroatoms. The highest BCUT2D eigenvalue weighted by molar-refractivity contribution is 6.33. The second kappa shape index (κ2) is 12.0. The number of ether oxygens (including phenoxy) is 2. The first-order valence-electron chi connectivity index (χ1n) is 12.8. The van der Waals surface area contributed by atoms with Crippen molar-refractivity contribution < 1.29 is 24.2 Å². The van der Waals surface area contributed by atoms with Gasteiger partial charge in [-0.05, 0) is 35.7 Å². The number of rotatable bonds is 10. The Bertz CT molecular complexity index is 1360. The molecule has 2 amide bonds. The van der Waals surface area contributed by atoms with E-state index in [9.17, 15) is 14.7 Å². The number of aliphatic hydroxyl groups is 1. The van der Waals surface area contributed by atoms with Crippen molar-refractivity contribution in [3.8, 4) is 17.0 Å². The van der Waals surface area contributed by atoms with Gasteiger partial charge < -0.3 is 30.1 Å². The van der Waals surface area contributed by atoms with Crippen LogP contribution >= 0.6 is 11.6 Å². The van der Waals surface area contributed by atoms with Gasteiger partial charge in [0.15, 0.2) is 0 Å². The largest absolute Gasteiger partial charge is 0.497 e. The number of halogens is 1. The molecule has 5 rings (SSSR count). The van der Waals surface area contributed by atoms with Crippen LogP contribution in [-0.2, 0) is 16.1 Å². The SMILES string of the molecule is COc1cccc(C(CO)NC(=O)CN2Cc3ccc(-c4nc(NCC5CCOC5)ncc4Cl)cc3C2=O)c1. The molecule has 0 radical (unpaired) electrons. The Hall–Kier alpha value is -3.73. The van der Waals surface area contributed by atoms with Gasteiger partial charge in [0.05, 0.1) is 43.3 Å². The third kappa shape index (κ3) is 6.13. The van der Waals surface area contributed by atoms with E-state index in [1.54, 1.807) is 43.6 Å². The van der Waals surface area contributed by atoms with Crippen LogP contribution in [0.25, 0.3) is 11.3 Å². The first-order chi connectivity index (χ1) is 18.9. The van der Waals surface area contributed by atoms with E-state index in [4.69, 9.17) is 21.1 Å². The quantitative estimate of drug-likeness (QED) is 0.351. The molecule has 0 aliphatic carbocycles. The lowest BCUT2D eigenvalue weighted by Gasteiger charge is -2.20. The summed E-state index contributed by atoms with van der Waals surface area (Å²) in [4.78, 5) is 36.4. The first-order valence-corrected chi connectivity index (χ1v) is 13.1. The van der Waals surface area contributed by atoms with E-state index in [0.717, 1.165) is 25.2 Å². The van der Waals surface area contributed by atoms with Crippen molar-refractivity contribution >= 4 is 29.4 Å². The van der Waals surface area contributed by atoms with Crippen LogP contribution in [0, 0.1) is 5.92 Å². The summed E-state index contributed by atoms with van der Waals surface area (Å²) in [5.41, 5.74) is 3.23. The van der Waals surface area contributed by atoms with E-state index in [1.165, 1.54) is 4.90 Å². The molecule has 39 heavy (non-hydrogen) atoms. The van der Waals surface area contributed by atoms with Gasteiger partial charge in [-0.2, -0.15) is 0 Å². The minimum atomic E-state index is -0.622. The summed E-state index contributed by atoms with van der Waals surface area (Å²) >= 11 is 6.43. The molecule has 2 aliphatic rings. The molecule has 1 aromatic heterocycles. The van der Waals surface area contributed by atoms with Crippen molar-refractivity contribution in [1.82, 2.24) is 20.2 Å². The molecule has 10 nitrogen and oxygen atoms in total. The number of aliphatic hydroxyl groups excluding tert-OH is 1. The van der Waals surface area contributed by atoms with Crippen LogP contribution < -0.4 is 15.4 Å². The number of hydrogen-bond acceptors (Lipinski definition) is 8. The lowest BCUT2D eigenvalue weighted by Crippen LogP contribution is -2.40. The minimum Gasteiger partial charge on any atom is -0.497 e. The summed E-state index contributed by atoms with van der Waals surface area (Å²) in [5, 5.41) is 16.3. The number of anilines is 1. The molecule has 1 saturated heterocycles. The maximum absolute atomic E-state index is 13.2. The molecule has 3 heterocycles. The van der Waals surface area contributed by atoms with E-state index >= 15 is 0 Å². The highest BCUT2D eigenvalue weighted by atomic mass is 35.5. The van der Waals surface area contributed by atoms with Crippen molar-refractivity contribution in [2.45, 2.75) is 19.0 Å². The Morgan fingerprint density at radius 3 is 2.95 bits per heavy atom. The molecule has 204 valence electrons. The summed E-state index contributed by atoms with van der Waals surface area (Å²) in [6.07, 6.45) is 2.54. The zero-order valence-electron chi connectivity index (χ0n) is 21.5. The maximum atomic E-state index is 13.2. The highest BCUT2D eigenvalue weighted by Gasteiger charge is 2.30. The third-order valence-corrected chi connectivity index (χ3v) is 7.20. The fraction of sp³-hybridized carbons (Fsp3) is 0.357. The standard InChI is InChI=1S/C28H30ClN5O5/c1-38-21-4-2-3-18(9-21)24(15-35)32-25(36)14-34-13-20-6-5-19(10-22(20)27(34)37)26-23(29)12-31-28(33-26)30-11-17-7-8-39-16-17/h2-6,9-10,12,17,24,35H,7-8,11,13-16H2,1H3,(H,32,36)(H,30,31,33). The lowest BCUT2D eigenvalue weighted by molar-refractivity contribution is -0.122. The normalized spacial score (nSPS) is 17.2. The molecule has 0 spiro atoms. The van der Waals surface area contributed by atoms with Crippen molar-refractivity contribution in [2.24, 2.45) is 5.92 Å². The predicted molar refractivity (Wildman–Crippen MR) is 146 cm³/mol. The molecule has 2 atom stereocenters. The van der Waals surface area contributed by atoms with E-state index in [2.05, 4.69) is 20.6 Å². The lowest BCUT2D eigenvalue weighted by atomic mass is 10.0. The van der Waals surface area contributed by atoms with Crippen LogP contribution in [0.2, 0.25) is 5.02 Å². The number of nitrogens with zero attached hydrogens (tertiary/aromatic N) is 3. The van der Waals surface area contributed by atoms with Gasteiger partial charge in [-0.3, -0.25) is 9.59 Å². The van der Waals surface area contributed by atoms with Crippen molar-refractivity contribution in [3.05, 3.63) is 70.4 Å². The van der Waals surface area contributed by atoms with Gasteiger partial charge in [0.2, 0.25) is 11.9 Å². The van der Waals surface area contributed by atoms with Gasteiger partial charge >= 0.3 is 0 Å². The summed E-state index contributed by atoms with van der Waals surface area (Å²) in [5.74, 6) is 0.864. The number of carbonyl (C=O) groups is 2. The summed E-state index contributed by atoms with van der Waals surface area (Å²) in [6, 6.07) is 12.0. The fourth-order valence-electron chi connectivity index (χ4n) is 4.78. The third-order valence-electron chi connectivity index (χ3n) is 6.93. The molecule has 2 unspecified atom stereocenters. The zero-order valence-corrected chi connectivity index (χ0v) is 22.3. The molecule has 2 aliphatic heterocycles. The number of aromatic nitrogens is 2. The average Bonchev–Trinajstić information content (AvgIpc) is 3.59. The van der Waals surface area contributed by atoms with Crippen molar-refractivity contribution in [3.63, 3.8) is 0 Å². The van der Waals surface area contributed by atoms with Gasteiger partial charge in [-0.25, -0.2) is 9.97 Å². The topological polar surface area (TPSA) is 126 Å². The van der Waals surface area contributed by atoms with Crippen LogP contribution in [0.4, 0.5) is 5.95 Å². The second-order valence-electron chi connectivity index (χ2n) is 9.61. The van der Waals surface area contributed by atoms with Gasteiger partial charge in [0.25, 0.3) is 5.91 Å².